The van der Waals surface area contributed by atoms with Gasteiger partial charge in [0.15, 0.2) is 0 Å². The van der Waals surface area contributed by atoms with Gasteiger partial charge in [-0.3, -0.25) is 13.9 Å². The zero-order valence-electron chi connectivity index (χ0n) is 26.2. The quantitative estimate of drug-likeness (QED) is 0.154. The van der Waals surface area contributed by atoms with Gasteiger partial charge in [0, 0.05) is 24.5 Å². The first-order chi connectivity index (χ1) is 22.7. The number of anilines is 1. The number of amides is 2. The summed E-state index contributed by atoms with van der Waals surface area (Å²) in [5.74, 6) is -1.31. The van der Waals surface area contributed by atoms with Gasteiger partial charge in [-0.2, -0.15) is 13.2 Å². The molecule has 0 saturated heterocycles. The number of halogens is 5. The van der Waals surface area contributed by atoms with E-state index in [1.54, 1.807) is 61.5 Å². The summed E-state index contributed by atoms with van der Waals surface area (Å²) in [4.78, 5) is 29.2. The summed E-state index contributed by atoms with van der Waals surface area (Å²) in [7, 11) is -4.62. The SMILES string of the molecule is CCCNC(=O)[C@@H](Cc1ccccc1)N(Cc1cccc(Cl)c1)C(=O)CN(c1ccc(Cl)c(C(F)(F)F)c1)S(=O)(=O)c1ccc(C)cc1. The lowest BCUT2D eigenvalue weighted by Gasteiger charge is -2.34. The molecule has 4 aromatic carbocycles. The summed E-state index contributed by atoms with van der Waals surface area (Å²) in [5, 5.41) is 2.57. The number of hydrogen-bond donors (Lipinski definition) is 1. The maximum absolute atomic E-state index is 14.5. The van der Waals surface area contributed by atoms with Crippen molar-refractivity contribution < 1.29 is 31.2 Å². The zero-order valence-corrected chi connectivity index (χ0v) is 28.5. The van der Waals surface area contributed by atoms with Crippen molar-refractivity contribution in [3.63, 3.8) is 0 Å². The molecule has 1 N–H and O–H groups in total. The maximum Gasteiger partial charge on any atom is 0.417 e. The summed E-state index contributed by atoms with van der Waals surface area (Å²) in [6.45, 7) is 2.86. The van der Waals surface area contributed by atoms with E-state index in [9.17, 15) is 31.2 Å². The number of carbonyl (C=O) groups is 2. The van der Waals surface area contributed by atoms with Crippen LogP contribution in [0.5, 0.6) is 0 Å². The number of nitrogens with zero attached hydrogens (tertiary/aromatic N) is 2. The molecule has 0 heterocycles. The van der Waals surface area contributed by atoms with E-state index in [2.05, 4.69) is 5.32 Å². The number of aryl methyl sites for hydroxylation is 1. The lowest BCUT2D eigenvalue weighted by atomic mass is 10.0. The van der Waals surface area contributed by atoms with E-state index < -0.39 is 56.9 Å². The van der Waals surface area contributed by atoms with E-state index in [0.717, 1.165) is 23.3 Å². The Morgan fingerprint density at radius 2 is 1.54 bits per heavy atom. The molecule has 254 valence electrons. The Morgan fingerprint density at radius 1 is 0.875 bits per heavy atom. The fraction of sp³-hybridized carbons (Fsp3) is 0.257. The van der Waals surface area contributed by atoms with Gasteiger partial charge >= 0.3 is 6.18 Å². The summed E-state index contributed by atoms with van der Waals surface area (Å²) in [6.07, 6.45) is -4.22. The van der Waals surface area contributed by atoms with E-state index in [0.29, 0.717) is 33.9 Å². The Hall–Kier alpha value is -4.06. The Balaban J connectivity index is 1.86. The van der Waals surface area contributed by atoms with Gasteiger partial charge in [-0.15, -0.1) is 0 Å². The van der Waals surface area contributed by atoms with E-state index in [1.807, 2.05) is 6.92 Å². The standard InChI is InChI=1S/C35H34Cl2F3N3O4S/c1-3-18-41-34(45)32(20-25-8-5-4-6-9-25)42(22-26-10-7-11-27(36)19-26)33(44)23-43(48(46,47)29-15-12-24(2)13-16-29)28-14-17-31(37)30(21-28)35(38,39)40/h4-17,19,21,32H,3,18,20,22-23H2,1-2H3,(H,41,45)/t32-/m1/s1. The van der Waals surface area contributed by atoms with Crippen LogP contribution < -0.4 is 9.62 Å². The molecule has 0 aliphatic carbocycles. The van der Waals surface area contributed by atoms with Crippen LogP contribution in [0.2, 0.25) is 10.0 Å². The summed E-state index contributed by atoms with van der Waals surface area (Å²) >= 11 is 12.1. The van der Waals surface area contributed by atoms with Crippen molar-refractivity contribution in [2.24, 2.45) is 0 Å². The van der Waals surface area contributed by atoms with Crippen molar-refractivity contribution in [3.05, 3.63) is 129 Å². The first-order valence-corrected chi connectivity index (χ1v) is 17.2. The highest BCUT2D eigenvalue weighted by Crippen LogP contribution is 2.38. The number of rotatable bonds is 13. The molecule has 0 spiro atoms. The minimum atomic E-state index is -4.91. The number of hydrogen-bond acceptors (Lipinski definition) is 4. The number of nitrogens with one attached hydrogen (secondary N) is 1. The van der Waals surface area contributed by atoms with Gasteiger partial charge in [-0.1, -0.05) is 90.3 Å². The van der Waals surface area contributed by atoms with Crippen LogP contribution in [0.3, 0.4) is 0 Å². The molecule has 2 amide bonds. The highest BCUT2D eigenvalue weighted by atomic mass is 35.5. The fourth-order valence-electron chi connectivity index (χ4n) is 5.00. The zero-order chi connectivity index (χ0) is 35.1. The second-order valence-corrected chi connectivity index (χ2v) is 13.8. The molecule has 0 bridgehead atoms. The number of sulfonamides is 1. The molecule has 4 rings (SSSR count). The first-order valence-electron chi connectivity index (χ1n) is 15.0. The van der Waals surface area contributed by atoms with Crippen LogP contribution in [-0.2, 0) is 38.8 Å². The predicted octanol–water partition coefficient (Wildman–Crippen LogP) is 7.68. The molecule has 0 aromatic heterocycles. The van der Waals surface area contributed by atoms with Crippen molar-refractivity contribution in [1.29, 1.82) is 0 Å². The third-order valence-corrected chi connectivity index (χ3v) is 9.85. The van der Waals surface area contributed by atoms with Gasteiger partial charge in [0.25, 0.3) is 10.0 Å². The summed E-state index contributed by atoms with van der Waals surface area (Å²) in [6, 6.07) is 22.8. The highest BCUT2D eigenvalue weighted by molar-refractivity contribution is 7.92. The van der Waals surface area contributed by atoms with Crippen molar-refractivity contribution >= 4 is 50.7 Å². The third-order valence-electron chi connectivity index (χ3n) is 7.49. The molecular weight excluding hydrogens is 686 g/mol. The monoisotopic (exact) mass is 719 g/mol. The van der Waals surface area contributed by atoms with Gasteiger partial charge in [-0.25, -0.2) is 8.42 Å². The van der Waals surface area contributed by atoms with E-state index in [4.69, 9.17) is 23.2 Å². The van der Waals surface area contributed by atoms with Crippen LogP contribution >= 0.6 is 23.2 Å². The number of alkyl halides is 3. The van der Waals surface area contributed by atoms with Crippen LogP contribution in [0.25, 0.3) is 0 Å². The van der Waals surface area contributed by atoms with Crippen LogP contribution in [-0.4, -0.2) is 44.3 Å². The van der Waals surface area contributed by atoms with Crippen LogP contribution in [0.4, 0.5) is 18.9 Å². The lowest BCUT2D eigenvalue weighted by molar-refractivity contribution is -0.140. The molecular formula is C35H34Cl2F3N3O4S. The topological polar surface area (TPSA) is 86.8 Å². The Morgan fingerprint density at radius 3 is 2.17 bits per heavy atom. The molecule has 0 radical (unpaired) electrons. The van der Waals surface area contributed by atoms with Crippen LogP contribution in [0.15, 0.2) is 102 Å². The fourth-order valence-corrected chi connectivity index (χ4v) is 6.85. The molecule has 7 nitrogen and oxygen atoms in total. The van der Waals surface area contributed by atoms with Crippen molar-refractivity contribution in [3.8, 4) is 0 Å². The minimum absolute atomic E-state index is 0.0760. The first kappa shape index (κ1) is 36.8. The van der Waals surface area contributed by atoms with Crippen LogP contribution in [0, 0.1) is 6.92 Å². The second kappa shape index (κ2) is 15.9. The molecule has 0 aliphatic heterocycles. The smallest absolute Gasteiger partial charge is 0.354 e. The summed E-state index contributed by atoms with van der Waals surface area (Å²) in [5.41, 5.74) is 0.330. The highest BCUT2D eigenvalue weighted by Gasteiger charge is 2.37. The van der Waals surface area contributed by atoms with Gasteiger partial charge in [0.2, 0.25) is 11.8 Å². The number of carbonyl (C=O) groups excluding carboxylic acids is 2. The number of benzene rings is 4. The average Bonchev–Trinajstić information content (AvgIpc) is 3.04. The van der Waals surface area contributed by atoms with Crippen molar-refractivity contribution in [1.82, 2.24) is 10.2 Å². The largest absolute Gasteiger partial charge is 0.417 e. The molecule has 48 heavy (non-hydrogen) atoms. The average molecular weight is 721 g/mol. The van der Waals surface area contributed by atoms with Gasteiger partial charge in [0.05, 0.1) is 21.2 Å². The van der Waals surface area contributed by atoms with E-state index >= 15 is 0 Å². The van der Waals surface area contributed by atoms with Crippen LogP contribution in [0.1, 0.15) is 35.6 Å². The third kappa shape index (κ3) is 9.30. The Kier molecular flexibility index (Phi) is 12.2. The Bertz CT molecular complexity index is 1840. The normalized spacial score (nSPS) is 12.3. The predicted molar refractivity (Wildman–Crippen MR) is 181 cm³/mol. The molecule has 1 atom stereocenters. The molecule has 4 aromatic rings. The molecule has 0 fully saturated rings. The van der Waals surface area contributed by atoms with E-state index in [-0.39, 0.29) is 17.9 Å². The minimum Gasteiger partial charge on any atom is -0.354 e. The van der Waals surface area contributed by atoms with Crippen molar-refractivity contribution in [2.45, 2.75) is 50.3 Å². The van der Waals surface area contributed by atoms with Gasteiger partial charge in [-0.05, 0) is 66.9 Å². The van der Waals surface area contributed by atoms with Gasteiger partial charge < -0.3 is 10.2 Å². The second-order valence-electron chi connectivity index (χ2n) is 11.1. The maximum atomic E-state index is 14.5. The van der Waals surface area contributed by atoms with Crippen molar-refractivity contribution in [2.75, 3.05) is 17.4 Å². The molecule has 0 saturated carbocycles. The lowest BCUT2D eigenvalue weighted by Crippen LogP contribution is -2.53. The van der Waals surface area contributed by atoms with Gasteiger partial charge in [0.1, 0.15) is 12.6 Å². The molecule has 0 unspecified atom stereocenters. The molecule has 13 heteroatoms. The molecule has 0 aliphatic rings. The van der Waals surface area contributed by atoms with E-state index in [1.165, 1.54) is 29.2 Å². The Labute approximate surface area is 288 Å². The summed E-state index contributed by atoms with van der Waals surface area (Å²) < 4.78 is 70.7.